The number of pyridine rings is 2. The molecule has 0 unspecified atom stereocenters. The molecule has 2 aliphatic rings. The second kappa shape index (κ2) is 9.76. The van der Waals surface area contributed by atoms with E-state index in [1.807, 2.05) is 18.3 Å². The van der Waals surface area contributed by atoms with Gasteiger partial charge in [0.2, 0.25) is 5.88 Å². The summed E-state index contributed by atoms with van der Waals surface area (Å²) in [5.41, 5.74) is 5.95. The summed E-state index contributed by atoms with van der Waals surface area (Å²) in [4.78, 5) is 14.5. The molecule has 4 aromatic rings. The fourth-order valence-electron chi connectivity index (χ4n) is 5.86. The van der Waals surface area contributed by atoms with Crippen LogP contribution in [0.3, 0.4) is 0 Å². The molecule has 5 heteroatoms. The van der Waals surface area contributed by atoms with Crippen LogP contribution in [-0.2, 0) is 19.5 Å². The first kappa shape index (κ1) is 22.2. The van der Waals surface area contributed by atoms with Gasteiger partial charge in [0.1, 0.15) is 0 Å². The third kappa shape index (κ3) is 4.79. The van der Waals surface area contributed by atoms with Gasteiger partial charge in [-0.25, -0.2) is 4.98 Å². The second-order valence-electron chi connectivity index (χ2n) is 9.90. The van der Waals surface area contributed by atoms with Crippen molar-refractivity contribution in [2.24, 2.45) is 11.8 Å². The predicted octanol–water partition coefficient (Wildman–Crippen LogP) is 4.81. The molecular formula is C30H32N4O. The summed E-state index contributed by atoms with van der Waals surface area (Å²) in [6.45, 7) is 5.48. The van der Waals surface area contributed by atoms with Crippen molar-refractivity contribution < 1.29 is 4.74 Å². The molecule has 3 atom stereocenters. The van der Waals surface area contributed by atoms with Crippen LogP contribution in [0, 0.1) is 11.8 Å². The maximum atomic E-state index is 5.34. The highest BCUT2D eigenvalue weighted by Crippen LogP contribution is 2.49. The van der Waals surface area contributed by atoms with Crippen molar-refractivity contribution >= 4 is 11.0 Å². The van der Waals surface area contributed by atoms with Crippen LogP contribution in [0.5, 0.6) is 5.88 Å². The van der Waals surface area contributed by atoms with Crippen molar-refractivity contribution in [3.05, 3.63) is 102 Å². The predicted molar refractivity (Wildman–Crippen MR) is 139 cm³/mol. The van der Waals surface area contributed by atoms with Crippen molar-refractivity contribution in [2.45, 2.75) is 25.6 Å². The molecule has 6 rings (SSSR count). The van der Waals surface area contributed by atoms with Gasteiger partial charge in [-0.15, -0.1) is 0 Å². The average Bonchev–Trinajstić information content (AvgIpc) is 3.41. The molecule has 0 amide bonds. The smallest absolute Gasteiger partial charge is 0.213 e. The maximum absolute atomic E-state index is 5.34. The van der Waals surface area contributed by atoms with Crippen molar-refractivity contribution in [1.29, 1.82) is 0 Å². The Hall–Kier alpha value is -3.28. The summed E-state index contributed by atoms with van der Waals surface area (Å²) in [5, 5.41) is 0. The third-order valence-electron chi connectivity index (χ3n) is 7.65. The molecule has 178 valence electrons. The molecular weight excluding hydrogens is 432 g/mol. The fraction of sp³-hybridized carbons (Fsp3) is 0.333. The number of hydrogen-bond acceptors (Lipinski definition) is 5. The zero-order chi connectivity index (χ0) is 23.6. The molecule has 2 fully saturated rings. The Bertz CT molecular complexity index is 1230. The van der Waals surface area contributed by atoms with E-state index in [1.54, 1.807) is 7.11 Å². The van der Waals surface area contributed by atoms with E-state index in [9.17, 15) is 0 Å². The van der Waals surface area contributed by atoms with Gasteiger partial charge in [0.15, 0.2) is 0 Å². The Morgan fingerprint density at radius 3 is 2.14 bits per heavy atom. The Kier molecular flexibility index (Phi) is 6.19. The van der Waals surface area contributed by atoms with Crippen LogP contribution in [-0.4, -0.2) is 52.6 Å². The number of likely N-dealkylation sites (tertiary alicyclic amines) is 1. The Morgan fingerprint density at radius 1 is 0.857 bits per heavy atom. The normalized spacial score (nSPS) is 21.4. The molecule has 0 radical (unpaired) electrons. The van der Waals surface area contributed by atoms with Crippen molar-refractivity contribution in [3.63, 3.8) is 0 Å². The zero-order valence-electron chi connectivity index (χ0n) is 20.3. The Balaban J connectivity index is 1.10. The number of ether oxygens (including phenoxy) is 1. The van der Waals surface area contributed by atoms with E-state index in [4.69, 9.17) is 4.74 Å². The number of benzene rings is 2. The van der Waals surface area contributed by atoms with Gasteiger partial charge < -0.3 is 9.64 Å². The van der Waals surface area contributed by atoms with Crippen molar-refractivity contribution in [2.75, 3.05) is 26.7 Å². The first-order chi connectivity index (χ1) is 17.3. The molecule has 1 saturated carbocycles. The van der Waals surface area contributed by atoms with Crippen LogP contribution in [0.25, 0.3) is 11.0 Å². The second-order valence-corrected chi connectivity index (χ2v) is 9.90. The molecule has 1 saturated heterocycles. The van der Waals surface area contributed by atoms with Crippen LogP contribution < -0.4 is 4.74 Å². The van der Waals surface area contributed by atoms with E-state index in [1.165, 1.54) is 29.8 Å². The molecule has 0 N–H and O–H groups in total. The van der Waals surface area contributed by atoms with E-state index < -0.39 is 0 Å². The van der Waals surface area contributed by atoms with E-state index >= 15 is 0 Å². The highest BCUT2D eigenvalue weighted by molar-refractivity contribution is 5.78. The van der Waals surface area contributed by atoms with Crippen LogP contribution >= 0.6 is 0 Å². The molecule has 1 aliphatic heterocycles. The van der Waals surface area contributed by atoms with E-state index in [2.05, 4.69) is 86.5 Å². The molecule has 5 nitrogen and oxygen atoms in total. The molecule has 0 bridgehead atoms. The topological polar surface area (TPSA) is 41.5 Å². The Labute approximate surface area is 207 Å². The largest absolute Gasteiger partial charge is 0.481 e. The minimum Gasteiger partial charge on any atom is -0.481 e. The minimum atomic E-state index is 0.647. The lowest BCUT2D eigenvalue weighted by molar-refractivity contribution is 0.186. The van der Waals surface area contributed by atoms with Crippen LogP contribution in [0.4, 0.5) is 0 Å². The Morgan fingerprint density at radius 2 is 1.51 bits per heavy atom. The zero-order valence-corrected chi connectivity index (χ0v) is 20.3. The highest BCUT2D eigenvalue weighted by Gasteiger charge is 2.57. The van der Waals surface area contributed by atoms with Gasteiger partial charge in [-0.05, 0) is 47.1 Å². The van der Waals surface area contributed by atoms with Gasteiger partial charge in [-0.2, -0.15) is 0 Å². The van der Waals surface area contributed by atoms with Crippen molar-refractivity contribution in [1.82, 2.24) is 19.8 Å². The summed E-state index contributed by atoms with van der Waals surface area (Å²) in [6, 6.07) is 28.5. The SMILES string of the molecule is COc1ccc2nccc(CCN3C[C@@H]4[C@H](C3)[C@H]4N(Cc3ccccc3)Cc3ccccc3)c2n1. The summed E-state index contributed by atoms with van der Waals surface area (Å²) >= 11 is 0. The highest BCUT2D eigenvalue weighted by atomic mass is 16.5. The standard InChI is InChI=1S/C30H32N4O/c1-35-28-13-12-27-29(32-28)24(14-16-31-27)15-17-33-20-25-26(21-33)30(25)34(18-22-8-4-2-5-9-22)19-23-10-6-3-7-11-23/h2-14,16,25-26,30H,15,17-21H2,1H3/t25-,26+,30+. The van der Waals surface area contributed by atoms with Crippen molar-refractivity contribution in [3.8, 4) is 5.88 Å². The van der Waals surface area contributed by atoms with Crippen LogP contribution in [0.2, 0.25) is 0 Å². The fourth-order valence-corrected chi connectivity index (χ4v) is 5.86. The lowest BCUT2D eigenvalue weighted by Crippen LogP contribution is -2.35. The number of piperidine rings is 1. The van der Waals surface area contributed by atoms with Crippen LogP contribution in [0.15, 0.2) is 85.1 Å². The van der Waals surface area contributed by atoms with Gasteiger partial charge in [0, 0.05) is 51.0 Å². The number of fused-ring (bicyclic) bond motifs is 2. The summed E-state index contributed by atoms with van der Waals surface area (Å²) in [6.07, 6.45) is 2.88. The number of nitrogens with zero attached hydrogens (tertiary/aromatic N) is 4. The van der Waals surface area contributed by atoms with Gasteiger partial charge in [0.25, 0.3) is 0 Å². The summed E-state index contributed by atoms with van der Waals surface area (Å²) < 4.78 is 5.34. The monoisotopic (exact) mass is 464 g/mol. The maximum Gasteiger partial charge on any atom is 0.213 e. The molecule has 0 spiro atoms. The van der Waals surface area contributed by atoms with E-state index in [0.29, 0.717) is 11.9 Å². The molecule has 1 aliphatic carbocycles. The number of methoxy groups -OCH3 is 1. The lowest BCUT2D eigenvalue weighted by atomic mass is 10.1. The van der Waals surface area contributed by atoms with E-state index in [-0.39, 0.29) is 0 Å². The van der Waals surface area contributed by atoms with Gasteiger partial charge >= 0.3 is 0 Å². The third-order valence-corrected chi connectivity index (χ3v) is 7.65. The number of aromatic nitrogens is 2. The quantitative estimate of drug-likeness (QED) is 0.355. The first-order valence-electron chi connectivity index (χ1n) is 12.6. The molecule has 3 heterocycles. The lowest BCUT2D eigenvalue weighted by Gasteiger charge is -2.27. The molecule has 2 aromatic carbocycles. The number of rotatable bonds is 9. The first-order valence-corrected chi connectivity index (χ1v) is 12.6. The van der Waals surface area contributed by atoms with E-state index in [0.717, 1.165) is 48.9 Å². The van der Waals surface area contributed by atoms with Gasteiger partial charge in [-0.3, -0.25) is 9.88 Å². The van der Waals surface area contributed by atoms with Crippen LogP contribution in [0.1, 0.15) is 16.7 Å². The minimum absolute atomic E-state index is 0.647. The number of hydrogen-bond donors (Lipinski definition) is 0. The summed E-state index contributed by atoms with van der Waals surface area (Å²) in [5.74, 6) is 2.19. The molecule has 35 heavy (non-hydrogen) atoms. The average molecular weight is 465 g/mol. The van der Waals surface area contributed by atoms with Gasteiger partial charge in [0.05, 0.1) is 18.1 Å². The van der Waals surface area contributed by atoms with Gasteiger partial charge in [-0.1, -0.05) is 60.7 Å². The molecule has 2 aromatic heterocycles. The summed E-state index contributed by atoms with van der Waals surface area (Å²) in [7, 11) is 1.66.